The van der Waals surface area contributed by atoms with Crippen LogP contribution in [0, 0.1) is 10.1 Å². The number of benzene rings is 2. The Kier molecular flexibility index (Phi) is 5.39. The van der Waals surface area contributed by atoms with Gasteiger partial charge in [-0.2, -0.15) is 0 Å². The molecule has 1 unspecified atom stereocenters. The van der Waals surface area contributed by atoms with Gasteiger partial charge in [0.1, 0.15) is 0 Å². The molecule has 1 aliphatic rings. The highest BCUT2D eigenvalue weighted by atomic mass is 35.5. The molecule has 0 amide bonds. The first-order chi connectivity index (χ1) is 12.1. The van der Waals surface area contributed by atoms with Crippen LogP contribution in [0.3, 0.4) is 0 Å². The molecule has 0 aliphatic carbocycles. The second-order valence-electron chi connectivity index (χ2n) is 6.27. The number of nitro groups is 1. The lowest BCUT2D eigenvalue weighted by Gasteiger charge is -2.33. The van der Waals surface area contributed by atoms with Gasteiger partial charge < -0.3 is 4.90 Å². The molecule has 1 aliphatic heterocycles. The lowest BCUT2D eigenvalue weighted by molar-refractivity contribution is -0.481. The molecule has 2 aromatic rings. The zero-order valence-electron chi connectivity index (χ0n) is 14.2. The Morgan fingerprint density at radius 3 is 2.72 bits per heavy atom. The number of anilines is 1. The highest BCUT2D eigenvalue weighted by Gasteiger charge is 2.31. The second kappa shape index (κ2) is 7.70. The van der Waals surface area contributed by atoms with E-state index in [2.05, 4.69) is 18.0 Å². The fourth-order valence-electron chi connectivity index (χ4n) is 3.34. The van der Waals surface area contributed by atoms with Crippen LogP contribution in [0.2, 0.25) is 5.02 Å². The normalized spacial score (nSPS) is 16.3. The lowest BCUT2D eigenvalue weighted by atomic mass is 9.83. The number of nitrogens with zero attached hydrogens (tertiary/aromatic N) is 2. The molecule has 2 aromatic carbocycles. The van der Waals surface area contributed by atoms with Gasteiger partial charge in [0.2, 0.25) is 6.54 Å². The smallest absolute Gasteiger partial charge is 0.214 e. The van der Waals surface area contributed by atoms with Gasteiger partial charge >= 0.3 is 0 Å². The van der Waals surface area contributed by atoms with Crippen molar-refractivity contribution in [3.8, 4) is 0 Å². The Balaban J connectivity index is 2.11. The van der Waals surface area contributed by atoms with Crippen LogP contribution in [-0.4, -0.2) is 18.0 Å². The molecule has 0 radical (unpaired) electrons. The monoisotopic (exact) mass is 356 g/mol. The van der Waals surface area contributed by atoms with Gasteiger partial charge in [0.25, 0.3) is 0 Å². The molecule has 0 aromatic heterocycles. The summed E-state index contributed by atoms with van der Waals surface area (Å²) in [6, 6.07) is 15.5. The number of para-hydroxylation sites is 1. The maximum atomic E-state index is 11.3. The SMILES string of the molecule is CCCCN1C=C(c2cccc(Cl)c2)C(C[N+](=O)[O-])c2ccccc21. The van der Waals surface area contributed by atoms with Crippen molar-refractivity contribution in [3.05, 3.63) is 81.0 Å². The van der Waals surface area contributed by atoms with Gasteiger partial charge in [-0.15, -0.1) is 0 Å². The number of hydrogen-bond acceptors (Lipinski definition) is 3. The molecule has 1 heterocycles. The number of hydrogen-bond donors (Lipinski definition) is 0. The summed E-state index contributed by atoms with van der Waals surface area (Å²) < 4.78 is 0. The van der Waals surface area contributed by atoms with E-state index in [0.717, 1.165) is 41.8 Å². The molecule has 3 rings (SSSR count). The van der Waals surface area contributed by atoms with Gasteiger partial charge in [0.05, 0.1) is 5.92 Å². The Morgan fingerprint density at radius 1 is 1.20 bits per heavy atom. The summed E-state index contributed by atoms with van der Waals surface area (Å²) in [6.45, 7) is 2.92. The molecule has 0 spiro atoms. The van der Waals surface area contributed by atoms with Gasteiger partial charge in [-0.3, -0.25) is 10.1 Å². The van der Waals surface area contributed by atoms with Crippen molar-refractivity contribution >= 4 is 22.9 Å². The molecule has 0 N–H and O–H groups in total. The highest BCUT2D eigenvalue weighted by Crippen LogP contribution is 2.42. The quantitative estimate of drug-likeness (QED) is 0.517. The van der Waals surface area contributed by atoms with Crippen LogP contribution < -0.4 is 4.90 Å². The molecule has 0 saturated heterocycles. The lowest BCUT2D eigenvalue weighted by Crippen LogP contribution is -2.27. The Labute approximate surface area is 152 Å². The van der Waals surface area contributed by atoms with E-state index in [9.17, 15) is 10.1 Å². The summed E-state index contributed by atoms with van der Waals surface area (Å²) in [7, 11) is 0. The third kappa shape index (κ3) is 3.85. The van der Waals surface area contributed by atoms with Crippen LogP contribution in [0.15, 0.2) is 54.7 Å². The van der Waals surface area contributed by atoms with Crippen LogP contribution >= 0.6 is 11.6 Å². The molecular weight excluding hydrogens is 336 g/mol. The van der Waals surface area contributed by atoms with Crippen molar-refractivity contribution in [1.29, 1.82) is 0 Å². The Bertz CT molecular complexity index is 804. The summed E-state index contributed by atoms with van der Waals surface area (Å²) in [5.74, 6) is -0.275. The summed E-state index contributed by atoms with van der Waals surface area (Å²) >= 11 is 6.16. The average molecular weight is 357 g/mol. The third-order valence-corrected chi connectivity index (χ3v) is 4.77. The predicted molar refractivity (Wildman–Crippen MR) is 103 cm³/mol. The molecular formula is C20H21ClN2O2. The van der Waals surface area contributed by atoms with E-state index in [0.29, 0.717) is 5.02 Å². The number of rotatable bonds is 6. The minimum Gasteiger partial charge on any atom is -0.347 e. The van der Waals surface area contributed by atoms with Crippen molar-refractivity contribution in [1.82, 2.24) is 0 Å². The molecule has 1 atom stereocenters. The summed E-state index contributed by atoms with van der Waals surface area (Å²) in [5, 5.41) is 11.9. The first-order valence-electron chi connectivity index (χ1n) is 8.55. The molecule has 4 nitrogen and oxygen atoms in total. The topological polar surface area (TPSA) is 46.4 Å². The van der Waals surface area contributed by atoms with Crippen LogP contribution in [0.25, 0.3) is 5.57 Å². The first-order valence-corrected chi connectivity index (χ1v) is 8.93. The summed E-state index contributed by atoms with van der Waals surface area (Å²) in [5.41, 5.74) is 3.96. The van der Waals surface area contributed by atoms with Gasteiger partial charge in [0, 0.05) is 28.4 Å². The average Bonchev–Trinajstić information content (AvgIpc) is 2.60. The maximum absolute atomic E-state index is 11.3. The maximum Gasteiger partial charge on any atom is 0.214 e. The largest absolute Gasteiger partial charge is 0.347 e. The zero-order chi connectivity index (χ0) is 17.8. The van der Waals surface area contributed by atoms with Gasteiger partial charge in [-0.05, 0) is 41.3 Å². The van der Waals surface area contributed by atoms with Crippen LogP contribution in [-0.2, 0) is 0 Å². The van der Waals surface area contributed by atoms with E-state index in [4.69, 9.17) is 11.6 Å². The molecule has 0 saturated carbocycles. The number of fused-ring (bicyclic) bond motifs is 1. The van der Waals surface area contributed by atoms with E-state index in [-0.39, 0.29) is 17.4 Å². The Hall–Kier alpha value is -2.33. The van der Waals surface area contributed by atoms with Crippen molar-refractivity contribution in [2.75, 3.05) is 18.0 Å². The highest BCUT2D eigenvalue weighted by molar-refractivity contribution is 6.30. The van der Waals surface area contributed by atoms with Crippen molar-refractivity contribution < 1.29 is 4.92 Å². The fraction of sp³-hybridized carbons (Fsp3) is 0.300. The molecule has 25 heavy (non-hydrogen) atoms. The predicted octanol–water partition coefficient (Wildman–Crippen LogP) is 5.36. The molecule has 0 fully saturated rings. The van der Waals surface area contributed by atoms with E-state index >= 15 is 0 Å². The van der Waals surface area contributed by atoms with Gasteiger partial charge in [-0.1, -0.05) is 55.3 Å². The van der Waals surface area contributed by atoms with Crippen molar-refractivity contribution in [2.45, 2.75) is 25.7 Å². The molecule has 5 heteroatoms. The van der Waals surface area contributed by atoms with E-state index in [1.165, 1.54) is 0 Å². The van der Waals surface area contributed by atoms with Crippen molar-refractivity contribution in [3.63, 3.8) is 0 Å². The minimum absolute atomic E-state index is 0.128. The Morgan fingerprint density at radius 2 is 2.00 bits per heavy atom. The fourth-order valence-corrected chi connectivity index (χ4v) is 3.53. The number of unbranched alkanes of at least 4 members (excludes halogenated alkanes) is 1. The first kappa shape index (κ1) is 17.5. The van der Waals surface area contributed by atoms with Gasteiger partial charge in [0.15, 0.2) is 0 Å². The number of halogens is 1. The van der Waals surface area contributed by atoms with E-state index < -0.39 is 0 Å². The standard InChI is InChI=1S/C20H21ClN2O2/c1-2-3-11-22-13-18(15-7-6-8-16(21)12-15)19(14-23(24)25)17-9-4-5-10-20(17)22/h4-10,12-13,19H,2-3,11,14H2,1H3. The summed E-state index contributed by atoms with van der Waals surface area (Å²) in [4.78, 5) is 13.3. The summed E-state index contributed by atoms with van der Waals surface area (Å²) in [6.07, 6.45) is 4.22. The van der Waals surface area contributed by atoms with E-state index in [1.54, 1.807) is 0 Å². The van der Waals surface area contributed by atoms with Crippen LogP contribution in [0.4, 0.5) is 5.69 Å². The molecule has 0 bridgehead atoms. The zero-order valence-corrected chi connectivity index (χ0v) is 14.9. The van der Waals surface area contributed by atoms with Crippen LogP contribution in [0.5, 0.6) is 0 Å². The van der Waals surface area contributed by atoms with Crippen molar-refractivity contribution in [2.24, 2.45) is 0 Å². The third-order valence-electron chi connectivity index (χ3n) is 4.53. The van der Waals surface area contributed by atoms with Gasteiger partial charge in [-0.25, -0.2) is 0 Å². The van der Waals surface area contributed by atoms with Crippen LogP contribution in [0.1, 0.15) is 36.8 Å². The van der Waals surface area contributed by atoms with E-state index in [1.807, 2.05) is 48.5 Å². The molecule has 130 valence electrons. The second-order valence-corrected chi connectivity index (χ2v) is 6.70. The minimum atomic E-state index is -0.275.